The fourth-order valence-corrected chi connectivity index (χ4v) is 3.74. The number of nitrogens with one attached hydrogen (secondary N) is 1. The molecule has 0 unspecified atom stereocenters. The number of H-pyrrole nitrogens is 1. The van der Waals surface area contributed by atoms with Crippen LogP contribution in [0.4, 0.5) is 0 Å². The van der Waals surface area contributed by atoms with Crippen LogP contribution in [0.25, 0.3) is 11.4 Å². The van der Waals surface area contributed by atoms with Gasteiger partial charge in [0, 0.05) is 0 Å². The molecule has 0 bridgehead atoms. The van der Waals surface area contributed by atoms with Crippen LogP contribution in [0.1, 0.15) is 5.56 Å². The first kappa shape index (κ1) is 20.5. The molecule has 156 valence electrons. The van der Waals surface area contributed by atoms with E-state index in [2.05, 4.69) is 4.98 Å². The van der Waals surface area contributed by atoms with E-state index in [1.165, 1.54) is 11.8 Å². The number of para-hydroxylation sites is 1. The summed E-state index contributed by atoms with van der Waals surface area (Å²) in [6.45, 7) is 1.86. The lowest BCUT2D eigenvalue weighted by Crippen LogP contribution is -2.48. The summed E-state index contributed by atoms with van der Waals surface area (Å²) in [7, 11) is 0. The van der Waals surface area contributed by atoms with E-state index in [-0.39, 0.29) is 0 Å². The third-order valence-corrected chi connectivity index (χ3v) is 5.40. The average molecular weight is 433 g/mol. The van der Waals surface area contributed by atoms with Gasteiger partial charge in [-0.05, 0) is 61.2 Å². The molecule has 4 rings (SSSR count). The van der Waals surface area contributed by atoms with Crippen molar-refractivity contribution < 1.29 is 4.74 Å². The molecule has 8 heteroatoms. The maximum absolute atomic E-state index is 13.2. The molecule has 4 aromatic rings. The van der Waals surface area contributed by atoms with Gasteiger partial charge >= 0.3 is 17.1 Å². The number of thioether (sulfide) groups is 1. The predicted molar refractivity (Wildman–Crippen MR) is 121 cm³/mol. The summed E-state index contributed by atoms with van der Waals surface area (Å²) in [6, 6.07) is 21.3. The summed E-state index contributed by atoms with van der Waals surface area (Å²) in [5.41, 5.74) is -0.739. The summed E-state index contributed by atoms with van der Waals surface area (Å²) >= 11 is 1.42. The van der Waals surface area contributed by atoms with Crippen LogP contribution in [-0.2, 0) is 0 Å². The Bertz CT molecular complexity index is 1420. The Hall–Kier alpha value is -3.78. The zero-order chi connectivity index (χ0) is 22.0. The molecule has 0 aliphatic rings. The molecule has 0 fully saturated rings. The molecule has 0 atom stereocenters. The largest absolute Gasteiger partial charge is 0.456 e. The number of rotatable bonds is 5. The van der Waals surface area contributed by atoms with E-state index in [0.717, 1.165) is 19.6 Å². The molecule has 0 saturated heterocycles. The van der Waals surface area contributed by atoms with Crippen molar-refractivity contribution in [2.75, 3.05) is 6.26 Å². The van der Waals surface area contributed by atoms with Crippen molar-refractivity contribution in [1.82, 2.24) is 14.1 Å². The van der Waals surface area contributed by atoms with Gasteiger partial charge < -0.3 is 4.74 Å². The zero-order valence-electron chi connectivity index (χ0n) is 16.9. The molecule has 0 aliphatic carbocycles. The summed E-state index contributed by atoms with van der Waals surface area (Å²) < 4.78 is 7.81. The second-order valence-corrected chi connectivity index (χ2v) is 7.63. The lowest BCUT2D eigenvalue weighted by molar-refractivity contribution is 0.471. The van der Waals surface area contributed by atoms with Gasteiger partial charge in [-0.3, -0.25) is 4.98 Å². The molecule has 1 N–H and O–H groups in total. The minimum Gasteiger partial charge on any atom is -0.456 e. The fraction of sp³-hybridized carbons (Fsp3) is 0.0870. The SMILES string of the molecule is CSc1cc(-n2c(=O)[nH]c(=O)n(-c3cccc(C)c3)c2=O)ccc1Oc1ccccc1. The average Bonchev–Trinajstić information content (AvgIpc) is 2.75. The van der Waals surface area contributed by atoms with Crippen LogP contribution in [0.15, 0.2) is 92.1 Å². The van der Waals surface area contributed by atoms with Crippen LogP contribution in [-0.4, -0.2) is 20.4 Å². The molecule has 3 aromatic carbocycles. The second-order valence-electron chi connectivity index (χ2n) is 6.78. The Kier molecular flexibility index (Phi) is 5.64. The van der Waals surface area contributed by atoms with Crippen molar-refractivity contribution in [3.8, 4) is 22.9 Å². The molecule has 0 aliphatic heterocycles. The van der Waals surface area contributed by atoms with E-state index in [9.17, 15) is 14.4 Å². The fourth-order valence-electron chi connectivity index (χ4n) is 3.19. The highest BCUT2D eigenvalue weighted by Gasteiger charge is 2.15. The third kappa shape index (κ3) is 4.10. The predicted octanol–water partition coefficient (Wildman–Crippen LogP) is 3.50. The lowest BCUT2D eigenvalue weighted by atomic mass is 10.2. The van der Waals surface area contributed by atoms with Crippen LogP contribution < -0.4 is 21.8 Å². The smallest absolute Gasteiger partial charge is 0.345 e. The third-order valence-electron chi connectivity index (χ3n) is 4.64. The zero-order valence-corrected chi connectivity index (χ0v) is 17.7. The first-order valence-electron chi connectivity index (χ1n) is 9.44. The molecule has 31 heavy (non-hydrogen) atoms. The highest BCUT2D eigenvalue weighted by Crippen LogP contribution is 2.32. The van der Waals surface area contributed by atoms with Crippen molar-refractivity contribution in [3.63, 3.8) is 0 Å². The Morgan fingerprint density at radius 3 is 2.13 bits per heavy atom. The van der Waals surface area contributed by atoms with Crippen LogP contribution >= 0.6 is 11.8 Å². The number of aromatic amines is 1. The summed E-state index contributed by atoms with van der Waals surface area (Å²) in [6.07, 6.45) is 1.87. The van der Waals surface area contributed by atoms with Gasteiger partial charge in [0.15, 0.2) is 0 Å². The molecule has 0 saturated carbocycles. The van der Waals surface area contributed by atoms with Crippen LogP contribution in [0.3, 0.4) is 0 Å². The molecule has 1 heterocycles. The van der Waals surface area contributed by atoms with Crippen LogP contribution in [0.2, 0.25) is 0 Å². The molecule has 7 nitrogen and oxygen atoms in total. The molecular formula is C23H19N3O4S. The maximum atomic E-state index is 13.2. The van der Waals surface area contributed by atoms with Gasteiger partial charge in [-0.1, -0.05) is 30.3 Å². The normalized spacial score (nSPS) is 10.8. The highest BCUT2D eigenvalue weighted by atomic mass is 32.2. The second kappa shape index (κ2) is 8.53. The highest BCUT2D eigenvalue weighted by molar-refractivity contribution is 7.98. The van der Waals surface area contributed by atoms with Crippen LogP contribution in [0.5, 0.6) is 11.5 Å². The number of hydrogen-bond donors (Lipinski definition) is 1. The monoisotopic (exact) mass is 433 g/mol. The first-order chi connectivity index (χ1) is 15.0. The molecule has 0 amide bonds. The minimum absolute atomic E-state index is 0.331. The molecule has 0 radical (unpaired) electrons. The van der Waals surface area contributed by atoms with E-state index >= 15 is 0 Å². The Morgan fingerprint density at radius 1 is 0.806 bits per heavy atom. The number of benzene rings is 3. The van der Waals surface area contributed by atoms with Crippen molar-refractivity contribution >= 4 is 11.8 Å². The van der Waals surface area contributed by atoms with Gasteiger partial charge in [0.05, 0.1) is 16.3 Å². The minimum atomic E-state index is -0.803. The van der Waals surface area contributed by atoms with E-state index in [1.54, 1.807) is 36.4 Å². The van der Waals surface area contributed by atoms with Gasteiger partial charge in [-0.25, -0.2) is 23.5 Å². The number of aromatic nitrogens is 3. The van der Waals surface area contributed by atoms with Gasteiger partial charge in [0.25, 0.3) is 0 Å². The summed E-state index contributed by atoms with van der Waals surface area (Å²) in [4.78, 5) is 41.1. The number of ether oxygens (including phenoxy) is 1. The topological polar surface area (TPSA) is 86.1 Å². The van der Waals surface area contributed by atoms with Crippen molar-refractivity contribution in [1.29, 1.82) is 0 Å². The van der Waals surface area contributed by atoms with E-state index in [0.29, 0.717) is 22.9 Å². The van der Waals surface area contributed by atoms with E-state index in [4.69, 9.17) is 4.74 Å². The summed E-state index contributed by atoms with van der Waals surface area (Å²) in [5, 5.41) is 0. The quantitative estimate of drug-likeness (QED) is 0.487. The number of nitrogens with zero attached hydrogens (tertiary/aromatic N) is 2. The number of aryl methyl sites for hydroxylation is 1. The van der Waals surface area contributed by atoms with E-state index < -0.39 is 17.1 Å². The Morgan fingerprint density at radius 2 is 1.48 bits per heavy atom. The molecule has 0 spiro atoms. The van der Waals surface area contributed by atoms with Gasteiger partial charge in [0.2, 0.25) is 0 Å². The maximum Gasteiger partial charge on any atom is 0.345 e. The first-order valence-corrected chi connectivity index (χ1v) is 10.7. The van der Waals surface area contributed by atoms with Crippen LogP contribution in [0, 0.1) is 6.92 Å². The van der Waals surface area contributed by atoms with Crippen molar-refractivity contribution in [2.45, 2.75) is 11.8 Å². The Balaban J connectivity index is 1.85. The summed E-state index contributed by atoms with van der Waals surface area (Å²) in [5.74, 6) is 1.27. The number of hydrogen-bond acceptors (Lipinski definition) is 5. The van der Waals surface area contributed by atoms with Crippen molar-refractivity contribution in [2.24, 2.45) is 0 Å². The Labute approximate surface area is 181 Å². The van der Waals surface area contributed by atoms with Gasteiger partial charge in [-0.15, -0.1) is 11.8 Å². The molecule has 1 aromatic heterocycles. The lowest BCUT2D eigenvalue weighted by Gasteiger charge is -2.13. The standard InChI is InChI=1S/C23H19N3O4S/c1-15-7-6-8-16(13-15)25-21(27)24-22(28)26(23(25)29)17-11-12-19(20(14-17)31-2)30-18-9-4-3-5-10-18/h3-14H,1-2H3,(H,24,27,28). The van der Waals surface area contributed by atoms with Gasteiger partial charge in [-0.2, -0.15) is 0 Å². The van der Waals surface area contributed by atoms with E-state index in [1.807, 2.05) is 49.6 Å². The van der Waals surface area contributed by atoms with Gasteiger partial charge in [0.1, 0.15) is 11.5 Å². The van der Waals surface area contributed by atoms with Crippen molar-refractivity contribution in [3.05, 3.63) is 110 Å². The molecular weight excluding hydrogens is 414 g/mol.